The molecule has 0 bridgehead atoms. The van der Waals surface area contributed by atoms with Crippen molar-refractivity contribution in [2.24, 2.45) is 5.41 Å². The van der Waals surface area contributed by atoms with Gasteiger partial charge in [-0.25, -0.2) is 0 Å². The molecule has 2 aliphatic rings. The molecule has 1 unspecified atom stereocenters. The summed E-state index contributed by atoms with van der Waals surface area (Å²) in [7, 11) is 0. The molecule has 106 valence electrons. The molecule has 0 aromatic heterocycles. The molecule has 5 heteroatoms. The quantitative estimate of drug-likeness (QED) is 0.818. The van der Waals surface area contributed by atoms with Gasteiger partial charge < -0.3 is 15.4 Å². The van der Waals surface area contributed by atoms with Gasteiger partial charge in [0.1, 0.15) is 0 Å². The number of amides is 1. The Morgan fingerprint density at radius 3 is 2.78 bits per heavy atom. The summed E-state index contributed by atoms with van der Waals surface area (Å²) in [5.41, 5.74) is 0.275. The number of carbonyl (C=O) groups excluding carboxylic acids is 1. The van der Waals surface area contributed by atoms with E-state index in [1.54, 1.807) is 0 Å². The Kier molecular flexibility index (Phi) is 6.39. The van der Waals surface area contributed by atoms with Crippen LogP contribution in [0.3, 0.4) is 0 Å². The summed E-state index contributed by atoms with van der Waals surface area (Å²) in [6.45, 7) is 6.03. The van der Waals surface area contributed by atoms with Gasteiger partial charge in [-0.2, -0.15) is 0 Å². The molecule has 2 saturated heterocycles. The van der Waals surface area contributed by atoms with E-state index in [0.29, 0.717) is 6.42 Å². The van der Waals surface area contributed by atoms with Crippen molar-refractivity contribution in [3.8, 4) is 0 Å². The minimum atomic E-state index is 0. The summed E-state index contributed by atoms with van der Waals surface area (Å²) < 4.78 is 5.47. The van der Waals surface area contributed by atoms with Crippen molar-refractivity contribution in [3.05, 3.63) is 0 Å². The standard InChI is InChI=1S/C13H24N2O2.ClH/c1-13(4-6-14-7-5-13)10-15-12(16)9-11-3-2-8-17-11;/h11,14H,2-10H2,1H3,(H,15,16);1H. The highest BCUT2D eigenvalue weighted by Gasteiger charge is 2.27. The fourth-order valence-corrected chi connectivity index (χ4v) is 2.60. The van der Waals surface area contributed by atoms with Crippen LogP contribution in [0.5, 0.6) is 0 Å². The van der Waals surface area contributed by atoms with Gasteiger partial charge in [0.2, 0.25) is 5.91 Å². The zero-order valence-electron chi connectivity index (χ0n) is 11.2. The van der Waals surface area contributed by atoms with Crippen molar-refractivity contribution in [1.29, 1.82) is 0 Å². The number of ether oxygens (including phenoxy) is 1. The zero-order chi connectivity index (χ0) is 12.1. The van der Waals surface area contributed by atoms with Crippen molar-refractivity contribution >= 4 is 18.3 Å². The molecule has 0 saturated carbocycles. The largest absolute Gasteiger partial charge is 0.378 e. The highest BCUT2D eigenvalue weighted by atomic mass is 35.5. The van der Waals surface area contributed by atoms with Crippen LogP contribution in [0.2, 0.25) is 0 Å². The van der Waals surface area contributed by atoms with E-state index in [9.17, 15) is 4.79 Å². The van der Waals surface area contributed by atoms with Gasteiger partial charge in [0.25, 0.3) is 0 Å². The molecular weight excluding hydrogens is 252 g/mol. The average molecular weight is 277 g/mol. The summed E-state index contributed by atoms with van der Waals surface area (Å²) in [4.78, 5) is 11.8. The third-order valence-corrected chi connectivity index (χ3v) is 3.96. The molecule has 0 aromatic rings. The molecule has 1 atom stereocenters. The van der Waals surface area contributed by atoms with Crippen molar-refractivity contribution in [2.75, 3.05) is 26.2 Å². The number of piperidine rings is 1. The lowest BCUT2D eigenvalue weighted by Crippen LogP contribution is -2.43. The number of hydrogen-bond acceptors (Lipinski definition) is 3. The summed E-state index contributed by atoms with van der Waals surface area (Å²) in [6, 6.07) is 0. The molecular formula is C13H25ClN2O2. The maximum atomic E-state index is 11.8. The third-order valence-electron chi connectivity index (χ3n) is 3.96. The van der Waals surface area contributed by atoms with Gasteiger partial charge in [-0.15, -0.1) is 12.4 Å². The Morgan fingerprint density at radius 1 is 1.44 bits per heavy atom. The monoisotopic (exact) mass is 276 g/mol. The second-order valence-corrected chi connectivity index (χ2v) is 5.68. The number of hydrogen-bond donors (Lipinski definition) is 2. The van der Waals surface area contributed by atoms with Crippen LogP contribution in [-0.2, 0) is 9.53 Å². The first-order valence-corrected chi connectivity index (χ1v) is 6.77. The third kappa shape index (κ3) is 4.75. The number of rotatable bonds is 4. The summed E-state index contributed by atoms with van der Waals surface area (Å²) in [5.74, 6) is 0.150. The van der Waals surface area contributed by atoms with Crippen LogP contribution in [0.25, 0.3) is 0 Å². The fraction of sp³-hybridized carbons (Fsp3) is 0.923. The minimum Gasteiger partial charge on any atom is -0.378 e. The molecule has 2 aliphatic heterocycles. The number of halogens is 1. The molecule has 2 heterocycles. The Balaban J connectivity index is 0.00000162. The predicted molar refractivity (Wildman–Crippen MR) is 74.1 cm³/mol. The second kappa shape index (κ2) is 7.31. The zero-order valence-corrected chi connectivity index (χ0v) is 12.0. The summed E-state index contributed by atoms with van der Waals surface area (Å²) in [5, 5.41) is 6.43. The highest BCUT2D eigenvalue weighted by molar-refractivity contribution is 5.85. The first-order valence-electron chi connectivity index (χ1n) is 6.77. The minimum absolute atomic E-state index is 0. The van der Waals surface area contributed by atoms with E-state index < -0.39 is 0 Å². The maximum absolute atomic E-state index is 11.8. The molecule has 0 spiro atoms. The first-order chi connectivity index (χ1) is 8.18. The van der Waals surface area contributed by atoms with Gasteiger partial charge in [0.15, 0.2) is 0 Å². The molecule has 0 aliphatic carbocycles. The SMILES string of the molecule is CC1(CNC(=O)CC2CCCO2)CCNCC1.Cl. The lowest BCUT2D eigenvalue weighted by Gasteiger charge is -2.34. The molecule has 1 amide bonds. The Morgan fingerprint density at radius 2 is 2.17 bits per heavy atom. The van der Waals surface area contributed by atoms with Gasteiger partial charge in [-0.05, 0) is 44.2 Å². The van der Waals surface area contributed by atoms with Crippen LogP contribution < -0.4 is 10.6 Å². The van der Waals surface area contributed by atoms with Crippen LogP contribution in [0.4, 0.5) is 0 Å². The van der Waals surface area contributed by atoms with E-state index in [2.05, 4.69) is 17.6 Å². The summed E-state index contributed by atoms with van der Waals surface area (Å²) >= 11 is 0. The van der Waals surface area contributed by atoms with Crippen LogP contribution in [0.1, 0.15) is 39.0 Å². The molecule has 2 fully saturated rings. The lowest BCUT2D eigenvalue weighted by atomic mass is 9.81. The predicted octanol–water partition coefficient (Wildman–Crippen LogP) is 1.48. The number of nitrogens with one attached hydrogen (secondary N) is 2. The van der Waals surface area contributed by atoms with Crippen LogP contribution in [-0.4, -0.2) is 38.3 Å². The van der Waals surface area contributed by atoms with Crippen molar-refractivity contribution in [1.82, 2.24) is 10.6 Å². The first kappa shape index (κ1) is 15.7. The average Bonchev–Trinajstić information content (AvgIpc) is 2.80. The maximum Gasteiger partial charge on any atom is 0.222 e. The van der Waals surface area contributed by atoms with E-state index >= 15 is 0 Å². The lowest BCUT2D eigenvalue weighted by molar-refractivity contribution is -0.123. The Labute approximate surface area is 116 Å². The van der Waals surface area contributed by atoms with E-state index in [1.807, 2.05) is 0 Å². The van der Waals surface area contributed by atoms with Crippen molar-refractivity contribution < 1.29 is 9.53 Å². The molecule has 18 heavy (non-hydrogen) atoms. The van der Waals surface area contributed by atoms with E-state index in [0.717, 1.165) is 51.9 Å². The molecule has 0 radical (unpaired) electrons. The van der Waals surface area contributed by atoms with Crippen molar-refractivity contribution in [3.63, 3.8) is 0 Å². The second-order valence-electron chi connectivity index (χ2n) is 5.68. The van der Waals surface area contributed by atoms with Gasteiger partial charge in [-0.3, -0.25) is 4.79 Å². The van der Waals surface area contributed by atoms with Crippen LogP contribution >= 0.6 is 12.4 Å². The topological polar surface area (TPSA) is 50.4 Å². The molecule has 2 rings (SSSR count). The number of carbonyl (C=O) groups is 1. The van der Waals surface area contributed by atoms with Gasteiger partial charge in [0, 0.05) is 13.2 Å². The van der Waals surface area contributed by atoms with Gasteiger partial charge >= 0.3 is 0 Å². The van der Waals surface area contributed by atoms with Crippen LogP contribution in [0.15, 0.2) is 0 Å². The highest BCUT2D eigenvalue weighted by Crippen LogP contribution is 2.26. The normalized spacial score (nSPS) is 26.4. The van der Waals surface area contributed by atoms with E-state index in [1.165, 1.54) is 0 Å². The van der Waals surface area contributed by atoms with E-state index in [-0.39, 0.29) is 29.8 Å². The van der Waals surface area contributed by atoms with Gasteiger partial charge in [-0.1, -0.05) is 6.92 Å². The van der Waals surface area contributed by atoms with Gasteiger partial charge in [0.05, 0.1) is 12.5 Å². The van der Waals surface area contributed by atoms with E-state index in [4.69, 9.17) is 4.74 Å². The molecule has 0 aromatic carbocycles. The molecule has 4 nitrogen and oxygen atoms in total. The smallest absolute Gasteiger partial charge is 0.222 e. The summed E-state index contributed by atoms with van der Waals surface area (Å²) in [6.07, 6.45) is 5.13. The van der Waals surface area contributed by atoms with Crippen LogP contribution in [0, 0.1) is 5.41 Å². The van der Waals surface area contributed by atoms with Crippen molar-refractivity contribution in [2.45, 2.75) is 45.1 Å². The Bertz CT molecular complexity index is 262. The fourth-order valence-electron chi connectivity index (χ4n) is 2.60. The Hall–Kier alpha value is -0.320. The molecule has 2 N–H and O–H groups in total.